The van der Waals surface area contributed by atoms with Crippen molar-refractivity contribution in [2.75, 3.05) is 0 Å². The van der Waals surface area contributed by atoms with Gasteiger partial charge in [-0.15, -0.1) is 0 Å². The molecule has 4 heteroatoms. The quantitative estimate of drug-likeness (QED) is 0.720. The Morgan fingerprint density at radius 2 is 0.818 bits per heavy atom. The minimum atomic E-state index is -1.25. The molecule has 0 heterocycles. The van der Waals surface area contributed by atoms with Crippen LogP contribution in [0, 0.1) is 0 Å². The topological polar surface area (TPSA) is 0 Å². The molecule has 0 N–H and O–H groups in total. The summed E-state index contributed by atoms with van der Waals surface area (Å²) < 4.78 is 0. The molecule has 0 radical (unpaired) electrons. The van der Waals surface area contributed by atoms with Crippen LogP contribution in [-0.2, 0) is 0 Å². The van der Waals surface area contributed by atoms with Gasteiger partial charge in [-0.05, 0) is 0 Å². The van der Waals surface area contributed by atoms with Crippen molar-refractivity contribution in [1.82, 2.24) is 0 Å². The van der Waals surface area contributed by atoms with Gasteiger partial charge in [0, 0.05) is 15.7 Å². The van der Waals surface area contributed by atoms with Crippen LogP contribution in [0.3, 0.4) is 0 Å². The van der Waals surface area contributed by atoms with Crippen LogP contribution < -0.4 is 10.4 Å². The Kier molecular flexibility index (Phi) is 5.48. The van der Waals surface area contributed by atoms with Crippen molar-refractivity contribution in [3.05, 3.63) is 60.7 Å². The molecular formula is C18H30Si4. The Labute approximate surface area is 141 Å². The maximum atomic E-state index is 2.70. The summed E-state index contributed by atoms with van der Waals surface area (Å²) >= 11 is 0. The summed E-state index contributed by atoms with van der Waals surface area (Å²) in [6.07, 6.45) is 0. The smallest absolute Gasteiger partial charge is 0.0673 e. The molecule has 22 heavy (non-hydrogen) atoms. The molecule has 0 aromatic heterocycles. The van der Waals surface area contributed by atoms with Gasteiger partial charge in [-0.3, -0.25) is 0 Å². The Morgan fingerprint density at radius 1 is 0.545 bits per heavy atom. The van der Waals surface area contributed by atoms with E-state index in [-0.39, 0.29) is 0 Å². The maximum absolute atomic E-state index is 2.70. The summed E-state index contributed by atoms with van der Waals surface area (Å²) in [5, 5.41) is 3.37. The third kappa shape index (κ3) is 3.45. The highest BCUT2D eigenvalue weighted by Gasteiger charge is 2.43. The molecule has 0 saturated carbocycles. The molecule has 2 unspecified atom stereocenters. The molecular weight excluding hydrogens is 329 g/mol. The van der Waals surface area contributed by atoms with E-state index in [1.807, 2.05) is 0 Å². The molecule has 2 aromatic carbocycles. The van der Waals surface area contributed by atoms with E-state index < -0.39 is 30.8 Å². The summed E-state index contributed by atoms with van der Waals surface area (Å²) in [5.41, 5.74) is 0. The monoisotopic (exact) mass is 358 g/mol. The van der Waals surface area contributed by atoms with Gasteiger partial charge >= 0.3 is 0 Å². The van der Waals surface area contributed by atoms with Crippen LogP contribution in [0.25, 0.3) is 0 Å². The molecule has 0 saturated heterocycles. The van der Waals surface area contributed by atoms with E-state index >= 15 is 0 Å². The average Bonchev–Trinajstić information content (AvgIpc) is 2.55. The second-order valence-electron chi connectivity index (χ2n) is 7.75. The molecule has 2 atom stereocenters. The van der Waals surface area contributed by atoms with Crippen LogP contribution in [0.15, 0.2) is 60.7 Å². The number of rotatable bonds is 5. The van der Waals surface area contributed by atoms with E-state index in [0.717, 1.165) is 0 Å². The lowest BCUT2D eigenvalue weighted by Crippen LogP contribution is -2.70. The van der Waals surface area contributed by atoms with Crippen molar-refractivity contribution in [2.45, 2.75) is 39.3 Å². The molecule has 0 aliphatic rings. The third-order valence-electron chi connectivity index (χ3n) is 6.06. The lowest BCUT2D eigenvalue weighted by Gasteiger charge is -2.40. The highest BCUT2D eigenvalue weighted by atomic mass is 29.8. The SMILES string of the molecule is C[SiH]([SiH](C)[Si](C)(C)c1ccccc1)[Si](C)(C)c1ccccc1. The van der Waals surface area contributed by atoms with E-state index in [4.69, 9.17) is 0 Å². The summed E-state index contributed by atoms with van der Waals surface area (Å²) in [6, 6.07) is 22.8. The van der Waals surface area contributed by atoms with E-state index in [9.17, 15) is 0 Å². The zero-order chi connectivity index (χ0) is 16.4. The Balaban J connectivity index is 2.30. The molecule has 0 aliphatic carbocycles. The van der Waals surface area contributed by atoms with Crippen molar-refractivity contribution < 1.29 is 0 Å². The summed E-state index contributed by atoms with van der Waals surface area (Å²) in [4.78, 5) is 0. The first-order chi connectivity index (χ1) is 10.3. The average molecular weight is 359 g/mol. The van der Waals surface area contributed by atoms with Crippen molar-refractivity contribution in [2.24, 2.45) is 0 Å². The standard InChI is InChI=1S/C18H30Si4/c1-19(21(3,4)17-13-9-7-10-14-17)20(2)22(5,6)18-15-11-8-12-16-18/h7-16,19-20H,1-6H3. The second-order valence-corrected chi connectivity index (χ2v) is 43.1. The van der Waals surface area contributed by atoms with E-state index in [2.05, 4.69) is 99.9 Å². The van der Waals surface area contributed by atoms with Crippen molar-refractivity contribution >= 4 is 41.2 Å². The fraction of sp³-hybridized carbons (Fsp3) is 0.333. The van der Waals surface area contributed by atoms with E-state index in [1.165, 1.54) is 0 Å². The van der Waals surface area contributed by atoms with Gasteiger partial charge in [-0.1, -0.05) is 110 Å². The molecule has 2 aromatic rings. The van der Waals surface area contributed by atoms with Gasteiger partial charge in [0.15, 0.2) is 0 Å². The fourth-order valence-electron chi connectivity index (χ4n) is 3.51. The predicted octanol–water partition coefficient (Wildman–Crippen LogP) is 3.17. The lowest BCUT2D eigenvalue weighted by atomic mass is 10.4. The second kappa shape index (κ2) is 6.82. The van der Waals surface area contributed by atoms with Gasteiger partial charge in [0.05, 0.1) is 15.2 Å². The first-order valence-corrected chi connectivity index (χ1v) is 23.0. The normalized spacial score (nSPS) is 15.4. The van der Waals surface area contributed by atoms with Crippen LogP contribution in [0.4, 0.5) is 0 Å². The van der Waals surface area contributed by atoms with Gasteiger partial charge < -0.3 is 0 Å². The lowest BCUT2D eigenvalue weighted by molar-refractivity contribution is 1.72. The minimum absolute atomic E-state index is 0.687. The molecule has 0 nitrogen and oxygen atoms in total. The highest BCUT2D eigenvalue weighted by Crippen LogP contribution is 2.18. The molecule has 0 spiro atoms. The van der Waals surface area contributed by atoms with E-state index in [0.29, 0.717) is 0 Å². The maximum Gasteiger partial charge on any atom is 0.0673 e. The van der Waals surface area contributed by atoms with Crippen LogP contribution in [0.1, 0.15) is 0 Å². The Bertz CT molecular complexity index is 537. The number of hydrogen-bond donors (Lipinski definition) is 0. The molecule has 0 aliphatic heterocycles. The molecule has 0 fully saturated rings. The number of benzene rings is 2. The van der Waals surface area contributed by atoms with Crippen molar-refractivity contribution in [3.8, 4) is 0 Å². The van der Waals surface area contributed by atoms with Crippen LogP contribution in [0.2, 0.25) is 39.3 Å². The first kappa shape index (κ1) is 17.7. The van der Waals surface area contributed by atoms with Gasteiger partial charge in [-0.25, -0.2) is 0 Å². The summed E-state index contributed by atoms with van der Waals surface area (Å²) in [7, 11) is -3.88. The molecule has 2 rings (SSSR count). The third-order valence-corrected chi connectivity index (χ3v) is 62.9. The van der Waals surface area contributed by atoms with Crippen LogP contribution >= 0.6 is 0 Å². The van der Waals surface area contributed by atoms with Gasteiger partial charge in [0.2, 0.25) is 0 Å². The fourth-order valence-corrected chi connectivity index (χ4v) is 69.4. The zero-order valence-corrected chi connectivity index (χ0v) is 19.2. The van der Waals surface area contributed by atoms with Crippen LogP contribution in [0.5, 0.6) is 0 Å². The van der Waals surface area contributed by atoms with Gasteiger partial charge in [0.25, 0.3) is 0 Å². The van der Waals surface area contributed by atoms with E-state index in [1.54, 1.807) is 10.4 Å². The summed E-state index contributed by atoms with van der Waals surface area (Å²) in [6.45, 7) is 16.0. The zero-order valence-electron chi connectivity index (χ0n) is 14.9. The van der Waals surface area contributed by atoms with Gasteiger partial charge in [0.1, 0.15) is 0 Å². The minimum Gasteiger partial charge on any atom is -0.0757 e. The first-order valence-electron chi connectivity index (χ1n) is 8.39. The predicted molar refractivity (Wildman–Crippen MR) is 113 cm³/mol. The largest absolute Gasteiger partial charge is 0.0757 e. The van der Waals surface area contributed by atoms with Crippen molar-refractivity contribution in [3.63, 3.8) is 0 Å². The van der Waals surface area contributed by atoms with Gasteiger partial charge in [-0.2, -0.15) is 0 Å². The molecule has 0 amide bonds. The Hall–Kier alpha value is -0.692. The number of hydrogen-bond acceptors (Lipinski definition) is 0. The summed E-state index contributed by atoms with van der Waals surface area (Å²) in [5.74, 6) is 0. The van der Waals surface area contributed by atoms with Crippen molar-refractivity contribution in [1.29, 1.82) is 0 Å². The molecule has 0 bridgehead atoms. The van der Waals surface area contributed by atoms with Crippen LogP contribution in [-0.4, -0.2) is 30.8 Å². The molecule has 118 valence electrons. The highest BCUT2D eigenvalue weighted by molar-refractivity contribution is 7.74. The Morgan fingerprint density at radius 3 is 1.09 bits per heavy atom.